The van der Waals surface area contributed by atoms with Gasteiger partial charge in [0.1, 0.15) is 11.5 Å². The Bertz CT molecular complexity index is 815. The molecule has 8 heteroatoms. The van der Waals surface area contributed by atoms with E-state index in [0.717, 1.165) is 37.7 Å². The molecule has 0 atom stereocenters. The molecule has 0 aliphatic carbocycles. The molecular weight excluding hydrogens is 340 g/mol. The Morgan fingerprint density at radius 2 is 1.92 bits per heavy atom. The van der Waals surface area contributed by atoms with Crippen LogP contribution in [0.3, 0.4) is 0 Å². The molecule has 7 nitrogen and oxygen atoms in total. The minimum atomic E-state index is 0.527. The summed E-state index contributed by atoms with van der Waals surface area (Å²) in [5, 5.41) is 4.67. The fourth-order valence-electron chi connectivity index (χ4n) is 2.80. The lowest BCUT2D eigenvalue weighted by Gasteiger charge is -2.34. The van der Waals surface area contributed by atoms with Gasteiger partial charge in [0.15, 0.2) is 0 Å². The molecule has 0 spiro atoms. The zero-order valence-corrected chi connectivity index (χ0v) is 14.3. The van der Waals surface area contributed by atoms with Gasteiger partial charge in [-0.25, -0.2) is 4.98 Å². The van der Waals surface area contributed by atoms with Gasteiger partial charge in [0.2, 0.25) is 11.7 Å². The van der Waals surface area contributed by atoms with E-state index in [0.29, 0.717) is 23.3 Å². The van der Waals surface area contributed by atoms with Gasteiger partial charge < -0.3 is 9.42 Å². The molecule has 0 bridgehead atoms. The third kappa shape index (κ3) is 3.78. The highest BCUT2D eigenvalue weighted by molar-refractivity contribution is 6.30. The number of aromatic nitrogens is 4. The summed E-state index contributed by atoms with van der Waals surface area (Å²) in [5.74, 6) is 2.09. The van der Waals surface area contributed by atoms with Crippen molar-refractivity contribution in [3.8, 4) is 11.5 Å². The molecule has 1 aliphatic heterocycles. The van der Waals surface area contributed by atoms with Crippen LogP contribution in [0.2, 0.25) is 5.02 Å². The molecule has 0 amide bonds. The molecule has 0 radical (unpaired) electrons. The third-order valence-corrected chi connectivity index (χ3v) is 4.35. The number of nitrogens with zero attached hydrogens (tertiary/aromatic N) is 6. The van der Waals surface area contributed by atoms with Crippen LogP contribution in [0.4, 0.5) is 5.82 Å². The van der Waals surface area contributed by atoms with E-state index in [4.69, 9.17) is 16.1 Å². The maximum Gasteiger partial charge on any atom is 0.241 e. The molecular formula is C17H17ClN6O. The van der Waals surface area contributed by atoms with Gasteiger partial charge >= 0.3 is 0 Å². The van der Waals surface area contributed by atoms with E-state index < -0.39 is 0 Å². The maximum atomic E-state index is 5.89. The van der Waals surface area contributed by atoms with Gasteiger partial charge in [-0.3, -0.25) is 9.88 Å². The first-order valence-corrected chi connectivity index (χ1v) is 8.48. The van der Waals surface area contributed by atoms with Crippen LogP contribution in [0, 0.1) is 0 Å². The molecule has 3 aromatic heterocycles. The van der Waals surface area contributed by atoms with Crippen LogP contribution < -0.4 is 4.90 Å². The van der Waals surface area contributed by atoms with E-state index >= 15 is 0 Å². The van der Waals surface area contributed by atoms with Crippen LogP contribution in [0.5, 0.6) is 0 Å². The monoisotopic (exact) mass is 356 g/mol. The molecule has 4 heterocycles. The summed E-state index contributed by atoms with van der Waals surface area (Å²) in [6.07, 6.45) is 3.40. The van der Waals surface area contributed by atoms with Crippen molar-refractivity contribution in [3.63, 3.8) is 0 Å². The van der Waals surface area contributed by atoms with Crippen molar-refractivity contribution in [3.05, 3.63) is 53.6 Å². The lowest BCUT2D eigenvalue weighted by Crippen LogP contribution is -2.46. The second-order valence-corrected chi connectivity index (χ2v) is 6.26. The maximum absolute atomic E-state index is 5.89. The van der Waals surface area contributed by atoms with E-state index in [9.17, 15) is 0 Å². The first-order chi connectivity index (χ1) is 12.3. The number of anilines is 1. The van der Waals surface area contributed by atoms with Crippen molar-refractivity contribution in [1.29, 1.82) is 0 Å². The number of pyridine rings is 2. The fourth-order valence-corrected chi connectivity index (χ4v) is 2.91. The molecule has 0 unspecified atom stereocenters. The van der Waals surface area contributed by atoms with Gasteiger partial charge in [-0.1, -0.05) is 22.8 Å². The molecule has 1 saturated heterocycles. The summed E-state index contributed by atoms with van der Waals surface area (Å²) in [6.45, 7) is 4.25. The highest BCUT2D eigenvalue weighted by Crippen LogP contribution is 2.18. The second-order valence-electron chi connectivity index (χ2n) is 5.82. The van der Waals surface area contributed by atoms with Crippen LogP contribution in [0.1, 0.15) is 5.89 Å². The first-order valence-electron chi connectivity index (χ1n) is 8.11. The SMILES string of the molecule is Clc1ccc(N2CCN(Cc3nc(-c4ccccn4)no3)CC2)nc1. The van der Waals surface area contributed by atoms with Crippen LogP contribution >= 0.6 is 11.6 Å². The smallest absolute Gasteiger partial charge is 0.241 e. The van der Waals surface area contributed by atoms with Crippen LogP contribution in [-0.4, -0.2) is 51.2 Å². The van der Waals surface area contributed by atoms with Crippen LogP contribution in [-0.2, 0) is 6.54 Å². The van der Waals surface area contributed by atoms with Crippen molar-refractivity contribution in [1.82, 2.24) is 25.0 Å². The van der Waals surface area contributed by atoms with Crippen LogP contribution in [0.15, 0.2) is 47.2 Å². The quantitative estimate of drug-likeness (QED) is 0.711. The summed E-state index contributed by atoms with van der Waals surface area (Å²) in [6, 6.07) is 9.46. The van der Waals surface area contributed by atoms with E-state index in [2.05, 4.69) is 29.9 Å². The zero-order chi connectivity index (χ0) is 17.1. The molecule has 1 fully saturated rings. The van der Waals surface area contributed by atoms with Gasteiger partial charge in [-0.15, -0.1) is 0 Å². The Morgan fingerprint density at radius 3 is 2.64 bits per heavy atom. The zero-order valence-electron chi connectivity index (χ0n) is 13.5. The standard InChI is InChI=1S/C17H17ClN6O/c18-13-4-5-15(20-11-13)24-9-7-23(8-10-24)12-16-21-17(22-25-16)14-3-1-2-6-19-14/h1-6,11H,7-10,12H2. The number of rotatable bonds is 4. The Hall–Kier alpha value is -2.51. The van der Waals surface area contributed by atoms with Gasteiger partial charge in [0, 0.05) is 38.6 Å². The summed E-state index contributed by atoms with van der Waals surface area (Å²) in [5.41, 5.74) is 0.719. The Kier molecular flexibility index (Phi) is 4.58. The molecule has 0 aromatic carbocycles. The average Bonchev–Trinajstić information content (AvgIpc) is 3.12. The summed E-state index contributed by atoms with van der Waals surface area (Å²) in [7, 11) is 0. The Morgan fingerprint density at radius 1 is 1.04 bits per heavy atom. The van der Waals surface area contributed by atoms with E-state index in [1.165, 1.54) is 0 Å². The predicted molar refractivity (Wildman–Crippen MR) is 94.3 cm³/mol. The molecule has 0 saturated carbocycles. The van der Waals surface area contributed by atoms with Crippen molar-refractivity contribution >= 4 is 17.4 Å². The third-order valence-electron chi connectivity index (χ3n) is 4.13. The molecule has 1 aliphatic rings. The molecule has 25 heavy (non-hydrogen) atoms. The van der Waals surface area contributed by atoms with Gasteiger partial charge in [-0.2, -0.15) is 4.98 Å². The topological polar surface area (TPSA) is 71.2 Å². The lowest BCUT2D eigenvalue weighted by atomic mass is 10.3. The first kappa shape index (κ1) is 16.0. The van der Waals surface area contributed by atoms with E-state index in [1.54, 1.807) is 12.4 Å². The minimum absolute atomic E-state index is 0.527. The highest BCUT2D eigenvalue weighted by atomic mass is 35.5. The van der Waals surface area contributed by atoms with E-state index in [-0.39, 0.29) is 0 Å². The second kappa shape index (κ2) is 7.16. The Labute approximate surface area is 150 Å². The summed E-state index contributed by atoms with van der Waals surface area (Å²) in [4.78, 5) is 17.6. The molecule has 0 N–H and O–H groups in total. The lowest BCUT2D eigenvalue weighted by molar-refractivity contribution is 0.215. The predicted octanol–water partition coefficient (Wildman–Crippen LogP) is 2.50. The largest absolute Gasteiger partial charge is 0.354 e. The normalized spacial score (nSPS) is 15.5. The molecule has 128 valence electrons. The van der Waals surface area contributed by atoms with Gasteiger partial charge in [-0.05, 0) is 24.3 Å². The molecule has 4 rings (SSSR count). The highest BCUT2D eigenvalue weighted by Gasteiger charge is 2.20. The summed E-state index contributed by atoms with van der Waals surface area (Å²) < 4.78 is 5.36. The van der Waals surface area contributed by atoms with Crippen LogP contribution in [0.25, 0.3) is 11.5 Å². The van der Waals surface area contributed by atoms with Gasteiger partial charge in [0.05, 0.1) is 11.6 Å². The number of hydrogen-bond acceptors (Lipinski definition) is 7. The van der Waals surface area contributed by atoms with Crippen molar-refractivity contribution in [2.24, 2.45) is 0 Å². The van der Waals surface area contributed by atoms with E-state index in [1.807, 2.05) is 30.3 Å². The molecule has 3 aromatic rings. The fraction of sp³-hybridized carbons (Fsp3) is 0.294. The summed E-state index contributed by atoms with van der Waals surface area (Å²) >= 11 is 5.89. The van der Waals surface area contributed by atoms with Crippen molar-refractivity contribution in [2.45, 2.75) is 6.54 Å². The number of halogens is 1. The van der Waals surface area contributed by atoms with Gasteiger partial charge in [0.25, 0.3) is 0 Å². The minimum Gasteiger partial charge on any atom is -0.354 e. The van der Waals surface area contributed by atoms with Crippen molar-refractivity contribution in [2.75, 3.05) is 31.1 Å². The Balaban J connectivity index is 1.34. The van der Waals surface area contributed by atoms with Crippen molar-refractivity contribution < 1.29 is 4.52 Å². The average molecular weight is 357 g/mol. The number of piperazine rings is 1. The number of hydrogen-bond donors (Lipinski definition) is 0.